The second-order valence-corrected chi connectivity index (χ2v) is 13.4. The summed E-state index contributed by atoms with van der Waals surface area (Å²) in [5.41, 5.74) is 12.7. The van der Waals surface area contributed by atoms with Crippen LogP contribution in [0, 0.1) is 11.8 Å². The number of aliphatic hydroxyl groups excluding tert-OH is 1. The van der Waals surface area contributed by atoms with Gasteiger partial charge >= 0.3 is 6.09 Å². The van der Waals surface area contributed by atoms with Crippen LogP contribution >= 0.6 is 0 Å². The van der Waals surface area contributed by atoms with Gasteiger partial charge in [-0.05, 0) is 55.9 Å². The normalized spacial score (nSPS) is 29.4. The van der Waals surface area contributed by atoms with Gasteiger partial charge in [0.25, 0.3) is 5.91 Å². The maximum atomic E-state index is 14.1. The third kappa shape index (κ3) is 11.2. The fraction of sp³-hybridized carbons (Fsp3) is 0.390. The second-order valence-electron chi connectivity index (χ2n) is 13.4. The highest BCUT2D eigenvalue weighted by Gasteiger charge is 2.30. The Morgan fingerprint density at radius 1 is 1.02 bits per heavy atom. The molecule has 12 heteroatoms. The molecule has 12 nitrogen and oxygen atoms in total. The van der Waals surface area contributed by atoms with Crippen LogP contribution in [0.5, 0.6) is 0 Å². The number of primary amides is 1. The van der Waals surface area contributed by atoms with Crippen molar-refractivity contribution in [3.63, 3.8) is 0 Å². The SMILES string of the molecule is CO[C@H]1/C=C\C=C(/C)C(=O)N(CC(=O)c2cccc3ccccc23)/C(C)=C/C(=O)/C(N)=C(\C=O)C[C@@H](C)C[C@H](OC)[C@H](O)[C@@H](C)/C=C(\C)[C@@H]1OC(N)=O. The van der Waals surface area contributed by atoms with Gasteiger partial charge in [-0.25, -0.2) is 4.79 Å². The zero-order valence-electron chi connectivity index (χ0n) is 31.4. The molecule has 284 valence electrons. The first kappa shape index (κ1) is 42.2. The van der Waals surface area contributed by atoms with Crippen molar-refractivity contribution >= 4 is 40.6 Å². The number of hydrogen-bond acceptors (Lipinski definition) is 10. The third-order valence-electron chi connectivity index (χ3n) is 9.35. The average molecular weight is 730 g/mol. The van der Waals surface area contributed by atoms with Gasteiger partial charge in [-0.2, -0.15) is 0 Å². The third-order valence-corrected chi connectivity index (χ3v) is 9.35. The van der Waals surface area contributed by atoms with Gasteiger partial charge in [0, 0.05) is 48.6 Å². The number of carbonyl (C=O) groups excluding carboxylic acids is 5. The molecule has 0 unspecified atom stereocenters. The quantitative estimate of drug-likeness (QED) is 0.196. The number of carbonyl (C=O) groups is 5. The number of nitrogens with zero attached hydrogens (tertiary/aromatic N) is 1. The van der Waals surface area contributed by atoms with Gasteiger partial charge in [0.2, 0.25) is 5.78 Å². The highest BCUT2D eigenvalue weighted by Crippen LogP contribution is 2.26. The van der Waals surface area contributed by atoms with E-state index in [9.17, 15) is 29.1 Å². The largest absolute Gasteiger partial charge is 0.439 e. The molecule has 0 saturated carbocycles. The molecule has 6 atom stereocenters. The van der Waals surface area contributed by atoms with Crippen LogP contribution in [0.1, 0.15) is 57.8 Å². The number of aldehydes is 1. The summed E-state index contributed by atoms with van der Waals surface area (Å²) >= 11 is 0. The molecule has 0 bridgehead atoms. The molecule has 0 fully saturated rings. The lowest BCUT2D eigenvalue weighted by Crippen LogP contribution is -2.37. The first-order chi connectivity index (χ1) is 25.1. The van der Waals surface area contributed by atoms with Crippen LogP contribution in [0.4, 0.5) is 4.79 Å². The minimum absolute atomic E-state index is 0.0496. The fourth-order valence-electron chi connectivity index (χ4n) is 6.40. The number of fused-ring (bicyclic) bond motifs is 1. The topological polar surface area (TPSA) is 189 Å². The van der Waals surface area contributed by atoms with Gasteiger partial charge in [-0.3, -0.25) is 19.2 Å². The van der Waals surface area contributed by atoms with Crippen LogP contribution in [0.3, 0.4) is 0 Å². The van der Waals surface area contributed by atoms with E-state index in [1.807, 2.05) is 37.3 Å². The molecule has 3 rings (SSSR count). The lowest BCUT2D eigenvalue weighted by atomic mass is 9.88. The number of nitrogens with two attached hydrogens (primary N) is 2. The van der Waals surface area contributed by atoms with Crippen LogP contribution in [0.15, 0.2) is 101 Å². The van der Waals surface area contributed by atoms with E-state index in [0.717, 1.165) is 11.5 Å². The molecule has 0 aromatic heterocycles. The van der Waals surface area contributed by atoms with E-state index >= 15 is 0 Å². The van der Waals surface area contributed by atoms with Gasteiger partial charge in [0.05, 0.1) is 24.4 Å². The van der Waals surface area contributed by atoms with Crippen molar-refractivity contribution < 1.29 is 43.3 Å². The zero-order valence-corrected chi connectivity index (χ0v) is 31.4. The first-order valence-electron chi connectivity index (χ1n) is 17.4. The molecule has 2 amide bonds. The number of Topliss-reactive ketones (excluding diaryl/α,β-unsaturated/α-hetero) is 1. The standard InChI is InChI=1S/C41H51N3O9/c1-24-18-30(23-45)37(42)33(46)21-28(5)44(22-34(47)32-16-11-14-29-13-8-9-15-31(29)32)40(49)25(2)12-10-17-35(51-6)39(53-41(43)50)27(4)20-26(3)38(48)36(19-24)52-7/h8-17,20-21,23-24,26,35-36,38-39,48H,18-19,22,42H2,1-7H3,(H2,43,50)/b17-10-,25-12+,27-20+,28-21+,37-30+/t24-,26+,35+,36+,38-,39+/m1/s1. The molecule has 1 aliphatic rings. The smallest absolute Gasteiger partial charge is 0.405 e. The van der Waals surface area contributed by atoms with Crippen LogP contribution in [0.2, 0.25) is 0 Å². The minimum atomic E-state index is -1.04. The van der Waals surface area contributed by atoms with Crippen LogP contribution in [-0.4, -0.2) is 85.0 Å². The number of ether oxygens (including phenoxy) is 3. The molecular weight excluding hydrogens is 678 g/mol. The average Bonchev–Trinajstić information content (AvgIpc) is 3.13. The zero-order chi connectivity index (χ0) is 39.4. The Labute approximate surface area is 310 Å². The Morgan fingerprint density at radius 3 is 2.34 bits per heavy atom. The Hall–Kier alpha value is -5.17. The molecule has 53 heavy (non-hydrogen) atoms. The van der Waals surface area contributed by atoms with Crippen LogP contribution in [0.25, 0.3) is 10.8 Å². The summed E-state index contributed by atoms with van der Waals surface area (Å²) in [6.07, 6.45) is 3.84. The summed E-state index contributed by atoms with van der Waals surface area (Å²) in [6, 6.07) is 12.7. The number of allylic oxidation sites excluding steroid dienone is 5. The highest BCUT2D eigenvalue weighted by atomic mass is 16.6. The molecular formula is C41H51N3O9. The minimum Gasteiger partial charge on any atom is -0.439 e. The summed E-state index contributed by atoms with van der Waals surface area (Å²) in [5.74, 6) is -2.42. The van der Waals surface area contributed by atoms with E-state index in [4.69, 9.17) is 25.7 Å². The van der Waals surface area contributed by atoms with Crippen molar-refractivity contribution in [3.8, 4) is 0 Å². The second kappa shape index (κ2) is 19.6. The van der Waals surface area contributed by atoms with Crippen molar-refractivity contribution in [2.45, 2.75) is 71.9 Å². The molecule has 5 N–H and O–H groups in total. The summed E-state index contributed by atoms with van der Waals surface area (Å²) < 4.78 is 16.7. The molecule has 2 aromatic rings. The maximum Gasteiger partial charge on any atom is 0.405 e. The Bertz CT molecular complexity index is 1830. The number of ketones is 2. The van der Waals surface area contributed by atoms with Gasteiger partial charge in [-0.1, -0.05) is 80.6 Å². The van der Waals surface area contributed by atoms with Crippen LogP contribution < -0.4 is 11.5 Å². The monoisotopic (exact) mass is 729 g/mol. The number of amides is 2. The fourth-order valence-corrected chi connectivity index (χ4v) is 6.40. The first-order valence-corrected chi connectivity index (χ1v) is 17.4. The lowest BCUT2D eigenvalue weighted by molar-refractivity contribution is -0.124. The van der Waals surface area contributed by atoms with Gasteiger partial charge in [0.1, 0.15) is 12.4 Å². The maximum absolute atomic E-state index is 14.1. The molecule has 1 heterocycles. The van der Waals surface area contributed by atoms with Crippen molar-refractivity contribution in [2.24, 2.45) is 23.3 Å². The van der Waals surface area contributed by atoms with Crippen molar-refractivity contribution in [2.75, 3.05) is 20.8 Å². The molecule has 2 aromatic carbocycles. The Kier molecular flexibility index (Phi) is 15.6. The number of benzene rings is 2. The van der Waals surface area contributed by atoms with Crippen molar-refractivity contribution in [3.05, 3.63) is 107 Å². The van der Waals surface area contributed by atoms with Gasteiger partial charge in [0.15, 0.2) is 11.9 Å². The summed E-state index contributed by atoms with van der Waals surface area (Å²) in [4.78, 5) is 66.8. The lowest BCUT2D eigenvalue weighted by Gasteiger charge is -2.29. The number of aliphatic hydroxyl groups is 1. The van der Waals surface area contributed by atoms with Gasteiger partial charge < -0.3 is 35.7 Å². The predicted octanol–water partition coefficient (Wildman–Crippen LogP) is 5.11. The summed E-state index contributed by atoms with van der Waals surface area (Å²) in [7, 11) is 2.88. The van der Waals surface area contributed by atoms with E-state index in [2.05, 4.69) is 0 Å². The molecule has 0 aliphatic carbocycles. The predicted molar refractivity (Wildman–Crippen MR) is 202 cm³/mol. The van der Waals surface area contributed by atoms with E-state index in [-0.39, 0.29) is 40.7 Å². The van der Waals surface area contributed by atoms with Crippen molar-refractivity contribution in [1.29, 1.82) is 0 Å². The van der Waals surface area contributed by atoms with E-state index in [0.29, 0.717) is 29.2 Å². The van der Waals surface area contributed by atoms with Gasteiger partial charge in [-0.15, -0.1) is 0 Å². The Morgan fingerprint density at radius 2 is 1.70 bits per heavy atom. The van der Waals surface area contributed by atoms with Crippen molar-refractivity contribution in [1.82, 2.24) is 4.90 Å². The molecule has 0 radical (unpaired) electrons. The number of hydrogen-bond donors (Lipinski definition) is 3. The van der Waals surface area contributed by atoms with E-state index in [1.54, 1.807) is 51.1 Å². The highest BCUT2D eigenvalue weighted by molar-refractivity contribution is 6.11. The number of rotatable bonds is 7. The van der Waals surface area contributed by atoms with Crippen LogP contribution in [-0.2, 0) is 28.6 Å². The molecule has 0 spiro atoms. The summed E-state index contributed by atoms with van der Waals surface area (Å²) in [5, 5.41) is 12.8. The Balaban J connectivity index is 2.18. The summed E-state index contributed by atoms with van der Waals surface area (Å²) in [6.45, 7) is 7.97. The number of methoxy groups -OCH3 is 2. The van der Waals surface area contributed by atoms with E-state index in [1.165, 1.54) is 32.1 Å². The van der Waals surface area contributed by atoms with E-state index < -0.39 is 54.7 Å². The molecule has 1 aliphatic heterocycles. The molecule has 0 saturated heterocycles.